The molecule has 1 saturated carbocycles. The van der Waals surface area contributed by atoms with E-state index < -0.39 is 5.97 Å². The van der Waals surface area contributed by atoms with E-state index in [9.17, 15) is 4.79 Å². The van der Waals surface area contributed by atoms with Crippen LogP contribution in [0, 0.1) is 5.92 Å². The molecule has 4 heteroatoms. The number of carbonyl (C=O) groups is 1. The third-order valence-corrected chi connectivity index (χ3v) is 4.68. The molecule has 0 spiro atoms. The third kappa shape index (κ3) is 3.69. The summed E-state index contributed by atoms with van der Waals surface area (Å²) in [4.78, 5) is 15.3. The van der Waals surface area contributed by atoms with Gasteiger partial charge in [-0.3, -0.25) is 14.6 Å². The monoisotopic (exact) mass is 254 g/mol. The molecule has 1 saturated heterocycles. The van der Waals surface area contributed by atoms with Gasteiger partial charge in [0.2, 0.25) is 0 Å². The van der Waals surface area contributed by atoms with Gasteiger partial charge in [0.05, 0.1) is 6.54 Å². The minimum atomic E-state index is -0.702. The Bertz CT molecular complexity index is 267. The largest absolute Gasteiger partial charge is 0.480 e. The second-order valence-electron chi connectivity index (χ2n) is 5.79. The Kier molecular flexibility index (Phi) is 5.01. The first kappa shape index (κ1) is 13.8. The fraction of sp³-hybridized carbons (Fsp3) is 0.929. The molecule has 4 nitrogen and oxygen atoms in total. The fourth-order valence-corrected chi connectivity index (χ4v) is 3.40. The van der Waals surface area contributed by atoms with Crippen LogP contribution in [-0.4, -0.2) is 59.6 Å². The van der Waals surface area contributed by atoms with Crippen molar-refractivity contribution in [2.24, 2.45) is 5.92 Å². The van der Waals surface area contributed by atoms with E-state index in [0.29, 0.717) is 0 Å². The lowest BCUT2D eigenvalue weighted by atomic mass is 9.84. The minimum absolute atomic E-state index is 0.205. The van der Waals surface area contributed by atoms with Crippen molar-refractivity contribution in [1.29, 1.82) is 0 Å². The van der Waals surface area contributed by atoms with Crippen LogP contribution in [0.4, 0.5) is 0 Å². The van der Waals surface area contributed by atoms with Gasteiger partial charge in [0, 0.05) is 32.2 Å². The van der Waals surface area contributed by atoms with E-state index in [2.05, 4.69) is 16.7 Å². The normalized spacial score (nSPS) is 31.4. The zero-order valence-electron chi connectivity index (χ0n) is 11.5. The summed E-state index contributed by atoms with van der Waals surface area (Å²) in [5.74, 6) is 0.251. The maximum Gasteiger partial charge on any atom is 0.317 e. The summed E-state index contributed by atoms with van der Waals surface area (Å²) >= 11 is 0. The highest BCUT2D eigenvalue weighted by atomic mass is 16.4. The van der Waals surface area contributed by atoms with Gasteiger partial charge in [-0.2, -0.15) is 0 Å². The lowest BCUT2D eigenvalue weighted by Gasteiger charge is -2.41. The van der Waals surface area contributed by atoms with E-state index in [1.54, 1.807) is 0 Å². The lowest BCUT2D eigenvalue weighted by molar-refractivity contribution is -0.138. The van der Waals surface area contributed by atoms with Gasteiger partial charge >= 0.3 is 5.97 Å². The second kappa shape index (κ2) is 6.53. The molecule has 0 aromatic heterocycles. The molecule has 1 heterocycles. The first-order valence-corrected chi connectivity index (χ1v) is 7.37. The van der Waals surface area contributed by atoms with E-state index in [-0.39, 0.29) is 6.54 Å². The number of hydrogen-bond donors (Lipinski definition) is 1. The van der Waals surface area contributed by atoms with Crippen LogP contribution in [0.1, 0.15) is 39.0 Å². The van der Waals surface area contributed by atoms with Crippen molar-refractivity contribution in [2.45, 2.75) is 45.1 Å². The van der Waals surface area contributed by atoms with Crippen molar-refractivity contribution in [2.75, 3.05) is 32.7 Å². The van der Waals surface area contributed by atoms with Crippen molar-refractivity contribution in [3.63, 3.8) is 0 Å². The van der Waals surface area contributed by atoms with E-state index in [0.717, 1.165) is 38.1 Å². The summed E-state index contributed by atoms with van der Waals surface area (Å²) in [7, 11) is 0. The second-order valence-corrected chi connectivity index (χ2v) is 5.79. The number of nitrogens with zero attached hydrogens (tertiary/aromatic N) is 2. The van der Waals surface area contributed by atoms with Crippen LogP contribution in [0.2, 0.25) is 0 Å². The zero-order chi connectivity index (χ0) is 13.0. The number of carboxylic acid groups (broad SMARTS) is 1. The Morgan fingerprint density at radius 3 is 2.22 bits per heavy atom. The average molecular weight is 254 g/mol. The van der Waals surface area contributed by atoms with Gasteiger partial charge in [-0.05, 0) is 31.6 Å². The molecule has 104 valence electrons. The van der Waals surface area contributed by atoms with Crippen molar-refractivity contribution < 1.29 is 9.90 Å². The van der Waals surface area contributed by atoms with E-state index >= 15 is 0 Å². The molecule has 1 aliphatic heterocycles. The Morgan fingerprint density at radius 1 is 1.11 bits per heavy atom. The Balaban J connectivity index is 1.71. The van der Waals surface area contributed by atoms with Crippen LogP contribution in [0.15, 0.2) is 0 Å². The maximum atomic E-state index is 10.7. The van der Waals surface area contributed by atoms with Gasteiger partial charge < -0.3 is 5.11 Å². The third-order valence-electron chi connectivity index (χ3n) is 4.68. The highest BCUT2D eigenvalue weighted by molar-refractivity contribution is 5.69. The topological polar surface area (TPSA) is 43.8 Å². The standard InChI is InChI=1S/C14H26N2O2/c1-2-12-3-5-13(6-4-12)16-9-7-15(8-10-16)11-14(17)18/h12-13H,2-11H2,1H3,(H,17,18). The minimum Gasteiger partial charge on any atom is -0.480 e. The van der Waals surface area contributed by atoms with Crippen LogP contribution in [0.3, 0.4) is 0 Å². The molecule has 0 aromatic rings. The van der Waals surface area contributed by atoms with Crippen LogP contribution >= 0.6 is 0 Å². The molecule has 2 rings (SSSR count). The molecule has 2 fully saturated rings. The molecular formula is C14H26N2O2. The van der Waals surface area contributed by atoms with Gasteiger partial charge in [0.25, 0.3) is 0 Å². The number of rotatable bonds is 4. The highest BCUT2D eigenvalue weighted by Crippen LogP contribution is 2.29. The molecule has 2 aliphatic rings. The molecular weight excluding hydrogens is 228 g/mol. The summed E-state index contributed by atoms with van der Waals surface area (Å²) in [6.45, 7) is 6.44. The SMILES string of the molecule is CCC1CCC(N2CCN(CC(=O)O)CC2)CC1. The predicted molar refractivity (Wildman–Crippen MR) is 71.7 cm³/mol. The molecule has 0 atom stereocenters. The molecule has 1 N–H and O–H groups in total. The molecule has 0 amide bonds. The summed E-state index contributed by atoms with van der Waals surface area (Å²) in [5.41, 5.74) is 0. The first-order chi connectivity index (χ1) is 8.69. The van der Waals surface area contributed by atoms with E-state index in [4.69, 9.17) is 5.11 Å². The van der Waals surface area contributed by atoms with Gasteiger partial charge in [-0.15, -0.1) is 0 Å². The number of carboxylic acids is 1. The predicted octanol–water partition coefficient (Wildman–Crippen LogP) is 1.66. The number of aliphatic carboxylic acids is 1. The number of hydrogen-bond acceptors (Lipinski definition) is 3. The molecule has 18 heavy (non-hydrogen) atoms. The Morgan fingerprint density at radius 2 is 1.72 bits per heavy atom. The summed E-state index contributed by atoms with van der Waals surface area (Å²) in [6.07, 6.45) is 6.79. The molecule has 0 unspecified atom stereocenters. The van der Waals surface area contributed by atoms with Crippen molar-refractivity contribution in [3.05, 3.63) is 0 Å². The van der Waals surface area contributed by atoms with Gasteiger partial charge in [0.1, 0.15) is 0 Å². The van der Waals surface area contributed by atoms with Gasteiger partial charge in [0.15, 0.2) is 0 Å². The summed E-state index contributed by atoms with van der Waals surface area (Å²) in [5, 5.41) is 8.78. The highest BCUT2D eigenvalue weighted by Gasteiger charge is 2.27. The maximum absolute atomic E-state index is 10.7. The van der Waals surface area contributed by atoms with Crippen LogP contribution in [-0.2, 0) is 4.79 Å². The van der Waals surface area contributed by atoms with Crippen LogP contribution < -0.4 is 0 Å². The van der Waals surface area contributed by atoms with Crippen LogP contribution in [0.5, 0.6) is 0 Å². The van der Waals surface area contributed by atoms with Gasteiger partial charge in [-0.1, -0.05) is 13.3 Å². The van der Waals surface area contributed by atoms with E-state index in [1.807, 2.05) is 0 Å². The lowest BCUT2D eigenvalue weighted by Crippen LogP contribution is -2.52. The molecule has 0 radical (unpaired) electrons. The quantitative estimate of drug-likeness (QED) is 0.828. The molecule has 0 aromatic carbocycles. The number of piperazine rings is 1. The fourth-order valence-electron chi connectivity index (χ4n) is 3.40. The average Bonchev–Trinajstić information content (AvgIpc) is 2.39. The molecule has 0 bridgehead atoms. The van der Waals surface area contributed by atoms with Crippen LogP contribution in [0.25, 0.3) is 0 Å². The molecule has 1 aliphatic carbocycles. The summed E-state index contributed by atoms with van der Waals surface area (Å²) in [6, 6.07) is 0.764. The first-order valence-electron chi connectivity index (χ1n) is 7.37. The van der Waals surface area contributed by atoms with Crippen molar-refractivity contribution in [1.82, 2.24) is 9.80 Å². The van der Waals surface area contributed by atoms with Crippen molar-refractivity contribution in [3.8, 4) is 0 Å². The smallest absolute Gasteiger partial charge is 0.317 e. The van der Waals surface area contributed by atoms with Gasteiger partial charge in [-0.25, -0.2) is 0 Å². The Labute approximate surface area is 110 Å². The summed E-state index contributed by atoms with van der Waals surface area (Å²) < 4.78 is 0. The zero-order valence-corrected chi connectivity index (χ0v) is 11.5. The Hall–Kier alpha value is -0.610. The van der Waals surface area contributed by atoms with Crippen molar-refractivity contribution >= 4 is 5.97 Å². The van der Waals surface area contributed by atoms with E-state index in [1.165, 1.54) is 32.1 Å².